The average molecular weight is 212 g/mol. The number of esters is 1. The molecule has 0 aromatic rings. The molecular weight excluding hydrogens is 196 g/mol. The van der Waals surface area contributed by atoms with Crippen LogP contribution in [0.25, 0.3) is 0 Å². The zero-order chi connectivity index (χ0) is 10.7. The maximum atomic E-state index is 11.2. The van der Waals surface area contributed by atoms with Gasteiger partial charge in [-0.15, -0.1) is 0 Å². The maximum absolute atomic E-state index is 11.2. The van der Waals surface area contributed by atoms with Crippen LogP contribution < -0.4 is 0 Å². The molecule has 0 aromatic carbocycles. The van der Waals surface area contributed by atoms with E-state index in [1.807, 2.05) is 0 Å². The first-order chi connectivity index (χ1) is 7.27. The van der Waals surface area contributed by atoms with Gasteiger partial charge in [-0.3, -0.25) is 0 Å². The zero-order valence-corrected chi connectivity index (χ0v) is 8.95. The highest BCUT2D eigenvalue weighted by Gasteiger charge is 2.41. The third-order valence-electron chi connectivity index (χ3n) is 3.13. The Morgan fingerprint density at radius 1 is 1.40 bits per heavy atom. The molecule has 0 amide bonds. The predicted molar refractivity (Wildman–Crippen MR) is 53.5 cm³/mol. The highest BCUT2D eigenvalue weighted by atomic mass is 16.5. The van der Waals surface area contributed by atoms with E-state index in [0.717, 1.165) is 24.8 Å². The number of methoxy groups -OCH3 is 1. The van der Waals surface area contributed by atoms with Crippen LogP contribution in [-0.4, -0.2) is 38.5 Å². The third-order valence-corrected chi connectivity index (χ3v) is 3.13. The number of hydrogen-bond acceptors (Lipinski definition) is 4. The van der Waals surface area contributed by atoms with E-state index < -0.39 is 0 Å². The molecule has 2 aliphatic rings. The normalized spacial score (nSPS) is 27.1. The second kappa shape index (κ2) is 4.33. The highest BCUT2D eigenvalue weighted by molar-refractivity contribution is 5.83. The van der Waals surface area contributed by atoms with Gasteiger partial charge in [-0.1, -0.05) is 0 Å². The van der Waals surface area contributed by atoms with E-state index >= 15 is 0 Å². The molecule has 0 bridgehead atoms. The van der Waals surface area contributed by atoms with E-state index in [-0.39, 0.29) is 11.6 Å². The molecule has 15 heavy (non-hydrogen) atoms. The summed E-state index contributed by atoms with van der Waals surface area (Å²) in [6.07, 6.45) is 4.10. The summed E-state index contributed by atoms with van der Waals surface area (Å²) < 4.78 is 15.7. The molecule has 4 heteroatoms. The quantitative estimate of drug-likeness (QED) is 0.481. The molecule has 2 aliphatic heterocycles. The SMILES string of the molecule is COC(=O)/C=C1/CCOC12CCOCC2. The van der Waals surface area contributed by atoms with Gasteiger partial charge in [0, 0.05) is 32.1 Å². The van der Waals surface area contributed by atoms with E-state index in [4.69, 9.17) is 9.47 Å². The second-order valence-corrected chi connectivity index (χ2v) is 3.90. The minimum Gasteiger partial charge on any atom is -0.466 e. The van der Waals surface area contributed by atoms with Crippen LogP contribution in [0.15, 0.2) is 11.6 Å². The average Bonchev–Trinajstić information content (AvgIpc) is 2.63. The van der Waals surface area contributed by atoms with E-state index in [0.29, 0.717) is 19.8 Å². The zero-order valence-electron chi connectivity index (χ0n) is 8.95. The predicted octanol–water partition coefficient (Wildman–Crippen LogP) is 1.06. The van der Waals surface area contributed by atoms with Crippen molar-refractivity contribution in [3.63, 3.8) is 0 Å². The number of carbonyl (C=O) groups is 1. The number of ether oxygens (including phenoxy) is 3. The fourth-order valence-electron chi connectivity index (χ4n) is 2.25. The first-order valence-electron chi connectivity index (χ1n) is 5.27. The van der Waals surface area contributed by atoms with Gasteiger partial charge in [-0.2, -0.15) is 0 Å². The summed E-state index contributed by atoms with van der Waals surface area (Å²) in [4.78, 5) is 11.2. The molecule has 2 saturated heterocycles. The van der Waals surface area contributed by atoms with Crippen LogP contribution in [-0.2, 0) is 19.0 Å². The minimum atomic E-state index is -0.290. The lowest BCUT2D eigenvalue weighted by Crippen LogP contribution is -2.37. The van der Waals surface area contributed by atoms with Crippen LogP contribution in [0.1, 0.15) is 19.3 Å². The van der Waals surface area contributed by atoms with Crippen molar-refractivity contribution in [1.82, 2.24) is 0 Å². The van der Waals surface area contributed by atoms with Crippen molar-refractivity contribution in [1.29, 1.82) is 0 Å². The van der Waals surface area contributed by atoms with Crippen molar-refractivity contribution in [2.75, 3.05) is 26.9 Å². The van der Waals surface area contributed by atoms with E-state index in [9.17, 15) is 4.79 Å². The van der Waals surface area contributed by atoms with Crippen LogP contribution in [0, 0.1) is 0 Å². The molecule has 0 aromatic heterocycles. The van der Waals surface area contributed by atoms with Crippen molar-refractivity contribution >= 4 is 5.97 Å². The van der Waals surface area contributed by atoms with Crippen molar-refractivity contribution in [3.8, 4) is 0 Å². The molecule has 2 heterocycles. The topological polar surface area (TPSA) is 44.8 Å². The summed E-state index contributed by atoms with van der Waals surface area (Å²) in [7, 11) is 1.39. The van der Waals surface area contributed by atoms with Crippen LogP contribution in [0.5, 0.6) is 0 Å². The Labute approximate surface area is 89.2 Å². The number of hydrogen-bond donors (Lipinski definition) is 0. The summed E-state index contributed by atoms with van der Waals surface area (Å²) in [6, 6.07) is 0. The van der Waals surface area contributed by atoms with Gasteiger partial charge in [0.05, 0.1) is 19.3 Å². The van der Waals surface area contributed by atoms with E-state index in [1.54, 1.807) is 6.08 Å². The van der Waals surface area contributed by atoms with Crippen LogP contribution >= 0.6 is 0 Å². The first kappa shape index (κ1) is 10.6. The molecule has 0 N–H and O–H groups in total. The molecule has 0 aliphatic carbocycles. The highest BCUT2D eigenvalue weighted by Crippen LogP contribution is 2.39. The number of rotatable bonds is 1. The van der Waals surface area contributed by atoms with Gasteiger partial charge >= 0.3 is 5.97 Å². The van der Waals surface area contributed by atoms with Crippen LogP contribution in [0.2, 0.25) is 0 Å². The van der Waals surface area contributed by atoms with E-state index in [1.165, 1.54) is 7.11 Å². The monoisotopic (exact) mass is 212 g/mol. The summed E-state index contributed by atoms with van der Waals surface area (Å²) >= 11 is 0. The third kappa shape index (κ3) is 2.06. The lowest BCUT2D eigenvalue weighted by atomic mass is 9.86. The van der Waals surface area contributed by atoms with Gasteiger partial charge in [-0.05, 0) is 12.0 Å². The second-order valence-electron chi connectivity index (χ2n) is 3.90. The molecule has 84 valence electrons. The Morgan fingerprint density at radius 3 is 2.80 bits per heavy atom. The van der Waals surface area contributed by atoms with Crippen molar-refractivity contribution in [3.05, 3.63) is 11.6 Å². The van der Waals surface area contributed by atoms with Crippen molar-refractivity contribution < 1.29 is 19.0 Å². The molecule has 2 rings (SSSR count). The molecule has 0 saturated carbocycles. The maximum Gasteiger partial charge on any atom is 0.330 e. The van der Waals surface area contributed by atoms with Gasteiger partial charge in [0.15, 0.2) is 0 Å². The Hall–Kier alpha value is -0.870. The first-order valence-corrected chi connectivity index (χ1v) is 5.27. The van der Waals surface area contributed by atoms with Crippen molar-refractivity contribution in [2.24, 2.45) is 0 Å². The molecule has 0 unspecified atom stereocenters. The molecule has 0 atom stereocenters. The Kier molecular flexibility index (Phi) is 3.07. The molecule has 4 nitrogen and oxygen atoms in total. The summed E-state index contributed by atoms with van der Waals surface area (Å²) in [5.41, 5.74) is 0.824. The van der Waals surface area contributed by atoms with Crippen LogP contribution in [0.3, 0.4) is 0 Å². The van der Waals surface area contributed by atoms with Gasteiger partial charge < -0.3 is 14.2 Å². The molecular formula is C11H16O4. The van der Waals surface area contributed by atoms with Gasteiger partial charge in [-0.25, -0.2) is 4.79 Å². The Morgan fingerprint density at radius 2 is 2.13 bits per heavy atom. The smallest absolute Gasteiger partial charge is 0.330 e. The van der Waals surface area contributed by atoms with Crippen LogP contribution in [0.4, 0.5) is 0 Å². The summed E-state index contributed by atoms with van der Waals surface area (Å²) in [5, 5.41) is 0. The van der Waals surface area contributed by atoms with Gasteiger partial charge in [0.2, 0.25) is 0 Å². The largest absolute Gasteiger partial charge is 0.466 e. The fourth-order valence-corrected chi connectivity index (χ4v) is 2.25. The van der Waals surface area contributed by atoms with Gasteiger partial charge in [0.25, 0.3) is 0 Å². The Bertz CT molecular complexity index is 276. The van der Waals surface area contributed by atoms with E-state index in [2.05, 4.69) is 4.74 Å². The number of carbonyl (C=O) groups excluding carboxylic acids is 1. The lowest BCUT2D eigenvalue weighted by molar-refractivity contribution is -0.135. The molecule has 0 radical (unpaired) electrons. The molecule has 2 fully saturated rings. The summed E-state index contributed by atoms with van der Waals surface area (Å²) in [6.45, 7) is 2.11. The minimum absolute atomic E-state index is 0.244. The lowest BCUT2D eigenvalue weighted by Gasteiger charge is -2.33. The van der Waals surface area contributed by atoms with Gasteiger partial charge in [0.1, 0.15) is 0 Å². The fraction of sp³-hybridized carbons (Fsp3) is 0.727. The molecule has 1 spiro atoms. The Balaban J connectivity index is 2.16. The summed E-state index contributed by atoms with van der Waals surface area (Å²) in [5.74, 6) is -0.290. The van der Waals surface area contributed by atoms with Crippen molar-refractivity contribution in [2.45, 2.75) is 24.9 Å². The standard InChI is InChI=1S/C11H16O4/c1-13-10(12)8-9-2-5-15-11(9)3-6-14-7-4-11/h8H,2-7H2,1H3/b9-8-.